The van der Waals surface area contributed by atoms with E-state index in [9.17, 15) is 14.4 Å². The van der Waals surface area contributed by atoms with Gasteiger partial charge in [-0.3, -0.25) is 14.4 Å². The largest absolute Gasteiger partial charge is 0.480 e. The van der Waals surface area contributed by atoms with Crippen LogP contribution in [0.1, 0.15) is 13.8 Å². The first-order valence-corrected chi connectivity index (χ1v) is 6.61. The zero-order chi connectivity index (χ0) is 16.5. The Labute approximate surface area is 120 Å². The van der Waals surface area contributed by atoms with E-state index >= 15 is 0 Å². The highest BCUT2D eigenvalue weighted by Gasteiger charge is 2.19. The van der Waals surface area contributed by atoms with Crippen LogP contribution in [0.5, 0.6) is 0 Å². The van der Waals surface area contributed by atoms with Crippen LogP contribution in [0.3, 0.4) is 0 Å². The molecule has 0 saturated carbocycles. The van der Waals surface area contributed by atoms with Crippen LogP contribution in [-0.4, -0.2) is 62.4 Å². The van der Waals surface area contributed by atoms with Crippen LogP contribution in [0, 0.1) is 0 Å². The van der Waals surface area contributed by atoms with E-state index in [0.29, 0.717) is 0 Å². The fraction of sp³-hybridized carbons (Fsp3) is 0.700. The molecule has 0 aliphatic heterocycles. The molecule has 118 valence electrons. The van der Waals surface area contributed by atoms with E-state index in [1.807, 2.05) is 0 Å². The molecule has 0 spiro atoms. The highest BCUT2D eigenvalue weighted by Crippen LogP contribution is 2.03. The maximum absolute atomic E-state index is 10.2. The lowest BCUT2D eigenvalue weighted by molar-refractivity contribution is -0.142. The highest BCUT2D eigenvalue weighted by molar-refractivity contribution is 7.99. The van der Waals surface area contributed by atoms with Crippen molar-refractivity contribution >= 4 is 29.7 Å². The summed E-state index contributed by atoms with van der Waals surface area (Å²) in [5, 5.41) is 24.9. The molecule has 2 unspecified atom stereocenters. The van der Waals surface area contributed by atoms with E-state index in [1.165, 1.54) is 13.8 Å². The van der Waals surface area contributed by atoms with Crippen molar-refractivity contribution < 1.29 is 29.7 Å². The van der Waals surface area contributed by atoms with Crippen LogP contribution in [0.2, 0.25) is 0 Å². The summed E-state index contributed by atoms with van der Waals surface area (Å²) in [6.07, 6.45) is 0. The van der Waals surface area contributed by atoms with Gasteiger partial charge in [-0.25, -0.2) is 0 Å². The fourth-order valence-electron chi connectivity index (χ4n) is 0.465. The molecule has 10 heteroatoms. The molecule has 9 N–H and O–H groups in total. The molecule has 0 amide bonds. The number of aliphatic carboxylic acids is 3. The van der Waals surface area contributed by atoms with Crippen LogP contribution in [0.15, 0.2) is 0 Å². The number of thioether (sulfide) groups is 1. The fourth-order valence-corrected chi connectivity index (χ4v) is 1.39. The second-order valence-electron chi connectivity index (χ2n) is 4.45. The Balaban J connectivity index is 0. The van der Waals surface area contributed by atoms with Gasteiger partial charge in [0.15, 0.2) is 0 Å². The molecule has 20 heavy (non-hydrogen) atoms. The predicted molar refractivity (Wildman–Crippen MR) is 74.4 cm³/mol. The van der Waals surface area contributed by atoms with Crippen molar-refractivity contribution in [3.8, 4) is 0 Å². The lowest BCUT2D eigenvalue weighted by Crippen LogP contribution is -2.41. The van der Waals surface area contributed by atoms with Gasteiger partial charge >= 0.3 is 17.9 Å². The summed E-state index contributed by atoms with van der Waals surface area (Å²) in [4.78, 5) is 30.3. The maximum atomic E-state index is 10.2. The summed E-state index contributed by atoms with van der Waals surface area (Å²) < 4.78 is 0. The standard InChI is InChI=1S/C6H12N2O4S.C4H9NO2/c7-3(5(9)10)1-13-2-4(8)6(11)12;1-4(2,5)3(6)7/h3-4H,1-2,7-8H2,(H,9,10)(H,11,12);5H2,1-2H3,(H,6,7). The van der Waals surface area contributed by atoms with Gasteiger partial charge in [-0.15, -0.1) is 0 Å². The molecule has 2 atom stereocenters. The Morgan fingerprint density at radius 3 is 1.40 bits per heavy atom. The maximum Gasteiger partial charge on any atom is 0.323 e. The van der Waals surface area contributed by atoms with Gasteiger partial charge in [-0.05, 0) is 13.8 Å². The molecule has 0 bridgehead atoms. The van der Waals surface area contributed by atoms with E-state index in [-0.39, 0.29) is 11.5 Å². The van der Waals surface area contributed by atoms with Gasteiger partial charge in [0.25, 0.3) is 0 Å². The summed E-state index contributed by atoms with van der Waals surface area (Å²) >= 11 is 1.11. The van der Waals surface area contributed by atoms with Gasteiger partial charge in [-0.1, -0.05) is 0 Å². The minimum atomic E-state index is -1.10. The van der Waals surface area contributed by atoms with E-state index in [4.69, 9.17) is 32.5 Å². The number of nitrogens with two attached hydrogens (primary N) is 3. The van der Waals surface area contributed by atoms with E-state index in [1.54, 1.807) is 0 Å². The van der Waals surface area contributed by atoms with Crippen LogP contribution < -0.4 is 17.2 Å². The average molecular weight is 311 g/mol. The first kappa shape index (κ1) is 20.9. The van der Waals surface area contributed by atoms with Crippen molar-refractivity contribution in [1.29, 1.82) is 0 Å². The van der Waals surface area contributed by atoms with Crippen LogP contribution in [-0.2, 0) is 14.4 Å². The Hall–Kier alpha value is -1.36. The summed E-state index contributed by atoms with van der Waals surface area (Å²) in [6.45, 7) is 2.88. The summed E-state index contributed by atoms with van der Waals surface area (Å²) in [5.74, 6) is -2.85. The minimum absolute atomic E-state index is 0.163. The zero-order valence-corrected chi connectivity index (χ0v) is 12.1. The van der Waals surface area contributed by atoms with E-state index < -0.39 is 35.5 Å². The summed E-state index contributed by atoms with van der Waals surface area (Å²) in [5.41, 5.74) is 14.3. The molecule has 0 aromatic heterocycles. The number of hydrogen-bond donors (Lipinski definition) is 6. The third-order valence-electron chi connectivity index (χ3n) is 1.78. The molecule has 0 aromatic carbocycles. The van der Waals surface area contributed by atoms with Crippen LogP contribution in [0.4, 0.5) is 0 Å². The van der Waals surface area contributed by atoms with Crippen molar-refractivity contribution in [3.63, 3.8) is 0 Å². The van der Waals surface area contributed by atoms with Crippen molar-refractivity contribution in [2.75, 3.05) is 11.5 Å². The monoisotopic (exact) mass is 311 g/mol. The van der Waals surface area contributed by atoms with Crippen LogP contribution >= 0.6 is 11.8 Å². The molecule has 0 radical (unpaired) electrons. The normalized spacial score (nSPS) is 13.7. The van der Waals surface area contributed by atoms with E-state index in [0.717, 1.165) is 11.8 Å². The molecule has 0 saturated heterocycles. The molecule has 0 rings (SSSR count). The quantitative estimate of drug-likeness (QED) is 0.317. The van der Waals surface area contributed by atoms with E-state index in [2.05, 4.69) is 0 Å². The first-order valence-electron chi connectivity index (χ1n) is 5.46. The molecule has 0 fully saturated rings. The molecule has 0 aliphatic rings. The average Bonchev–Trinajstić information content (AvgIpc) is 2.27. The number of carbonyl (C=O) groups is 3. The third-order valence-corrected chi connectivity index (χ3v) is 2.97. The minimum Gasteiger partial charge on any atom is -0.480 e. The van der Waals surface area contributed by atoms with Crippen molar-refractivity contribution in [2.45, 2.75) is 31.5 Å². The second kappa shape index (κ2) is 9.53. The lowest BCUT2D eigenvalue weighted by Gasteiger charge is -2.09. The van der Waals surface area contributed by atoms with Gasteiger partial charge in [0.1, 0.15) is 17.6 Å². The van der Waals surface area contributed by atoms with Crippen molar-refractivity contribution in [1.82, 2.24) is 0 Å². The summed E-state index contributed by atoms with van der Waals surface area (Å²) in [7, 11) is 0. The molecule has 9 nitrogen and oxygen atoms in total. The van der Waals surface area contributed by atoms with Crippen molar-refractivity contribution in [3.05, 3.63) is 0 Å². The second-order valence-corrected chi connectivity index (χ2v) is 5.53. The number of carboxylic acid groups (broad SMARTS) is 3. The lowest BCUT2D eigenvalue weighted by atomic mass is 10.1. The number of carboxylic acids is 3. The van der Waals surface area contributed by atoms with Crippen LogP contribution in [0.25, 0.3) is 0 Å². The first-order chi connectivity index (χ1) is 8.89. The van der Waals surface area contributed by atoms with Gasteiger partial charge in [0.05, 0.1) is 0 Å². The molecule has 0 aromatic rings. The zero-order valence-electron chi connectivity index (χ0n) is 11.3. The summed E-state index contributed by atoms with van der Waals surface area (Å²) in [6, 6.07) is -1.93. The Kier molecular flexibility index (Phi) is 9.98. The number of rotatable bonds is 7. The third kappa shape index (κ3) is 11.7. The molecular weight excluding hydrogens is 290 g/mol. The van der Waals surface area contributed by atoms with Gasteiger partial charge in [-0.2, -0.15) is 11.8 Å². The molecular formula is C10H21N3O6S. The smallest absolute Gasteiger partial charge is 0.323 e. The topological polar surface area (TPSA) is 190 Å². The van der Waals surface area contributed by atoms with Gasteiger partial charge in [0, 0.05) is 11.5 Å². The Morgan fingerprint density at radius 2 is 1.25 bits per heavy atom. The Morgan fingerprint density at radius 1 is 1.00 bits per heavy atom. The van der Waals surface area contributed by atoms with Crippen molar-refractivity contribution in [2.24, 2.45) is 17.2 Å². The number of hydrogen-bond acceptors (Lipinski definition) is 7. The predicted octanol–water partition coefficient (Wildman–Crippen LogP) is -1.65. The Bertz CT molecular complexity index is 324. The van der Waals surface area contributed by atoms with Gasteiger partial charge < -0.3 is 32.5 Å². The highest BCUT2D eigenvalue weighted by atomic mass is 32.2. The molecule has 0 heterocycles. The SMILES string of the molecule is CC(C)(N)C(=O)O.NC(CSCC(N)C(=O)O)C(=O)O. The molecule has 0 aliphatic carbocycles. The van der Waals surface area contributed by atoms with Gasteiger partial charge in [0.2, 0.25) is 0 Å².